The van der Waals surface area contributed by atoms with Crippen LogP contribution in [0.15, 0.2) is 34.7 Å². The largest absolute Gasteiger partial charge is 0.461 e. The Morgan fingerprint density at radius 1 is 1.14 bits per heavy atom. The van der Waals surface area contributed by atoms with Gasteiger partial charge in [-0.1, -0.05) is 25.1 Å². The van der Waals surface area contributed by atoms with E-state index in [0.29, 0.717) is 0 Å². The molecule has 0 atom stereocenters. The van der Waals surface area contributed by atoms with E-state index >= 15 is 0 Å². The van der Waals surface area contributed by atoms with E-state index in [9.17, 15) is 0 Å². The highest BCUT2D eigenvalue weighted by Gasteiger charge is 2.16. The minimum Gasteiger partial charge on any atom is -0.461 e. The second-order valence-corrected chi connectivity index (χ2v) is 5.17. The summed E-state index contributed by atoms with van der Waals surface area (Å²) in [5.74, 6) is 2.43. The van der Waals surface area contributed by atoms with Gasteiger partial charge < -0.3 is 9.73 Å². The van der Waals surface area contributed by atoms with Crippen molar-refractivity contribution in [1.82, 2.24) is 9.97 Å². The molecule has 2 heterocycles. The third kappa shape index (κ3) is 2.61. The molecule has 3 rings (SSSR count). The van der Waals surface area contributed by atoms with Crippen molar-refractivity contribution in [3.05, 3.63) is 41.8 Å². The molecule has 4 heteroatoms. The van der Waals surface area contributed by atoms with Crippen LogP contribution < -0.4 is 5.32 Å². The molecule has 1 N–H and O–H groups in total. The first-order chi connectivity index (χ1) is 10.2. The normalized spacial score (nSPS) is 11.0. The summed E-state index contributed by atoms with van der Waals surface area (Å²) < 4.78 is 5.81. The van der Waals surface area contributed by atoms with E-state index in [4.69, 9.17) is 4.42 Å². The maximum absolute atomic E-state index is 5.81. The molecule has 0 aliphatic rings. The van der Waals surface area contributed by atoms with Crippen molar-refractivity contribution >= 4 is 16.8 Å². The Labute approximate surface area is 124 Å². The SMILES string of the molecule is CCCNc1cc(C)nc(-c2c(C)oc3ccccc23)n1. The fraction of sp³-hybridized carbons (Fsp3) is 0.294. The molecule has 0 saturated heterocycles. The van der Waals surface area contributed by atoms with Gasteiger partial charge in [0.15, 0.2) is 5.82 Å². The molecule has 108 valence electrons. The summed E-state index contributed by atoms with van der Waals surface area (Å²) in [6.45, 7) is 6.98. The monoisotopic (exact) mass is 281 g/mol. The maximum atomic E-state index is 5.81. The van der Waals surface area contributed by atoms with Crippen LogP contribution in [0.4, 0.5) is 5.82 Å². The Morgan fingerprint density at radius 2 is 1.95 bits per heavy atom. The molecular formula is C17H19N3O. The van der Waals surface area contributed by atoms with E-state index in [1.807, 2.05) is 44.2 Å². The number of rotatable bonds is 4. The number of nitrogens with zero attached hydrogens (tertiary/aromatic N) is 2. The molecule has 21 heavy (non-hydrogen) atoms. The number of hydrogen-bond acceptors (Lipinski definition) is 4. The smallest absolute Gasteiger partial charge is 0.165 e. The highest BCUT2D eigenvalue weighted by Crippen LogP contribution is 2.32. The number of fused-ring (bicyclic) bond motifs is 1. The van der Waals surface area contributed by atoms with Crippen molar-refractivity contribution in [2.24, 2.45) is 0 Å². The zero-order valence-corrected chi connectivity index (χ0v) is 12.6. The van der Waals surface area contributed by atoms with Gasteiger partial charge >= 0.3 is 0 Å². The van der Waals surface area contributed by atoms with Gasteiger partial charge in [-0.15, -0.1) is 0 Å². The number of aryl methyl sites for hydroxylation is 2. The lowest BCUT2D eigenvalue weighted by atomic mass is 10.1. The average molecular weight is 281 g/mol. The van der Waals surface area contributed by atoms with Crippen LogP contribution in [-0.4, -0.2) is 16.5 Å². The standard InChI is InChI=1S/C17H19N3O/c1-4-9-18-15-10-11(2)19-17(20-15)16-12(3)21-14-8-6-5-7-13(14)16/h5-8,10H,4,9H2,1-3H3,(H,18,19,20). The molecule has 0 aliphatic carbocycles. The van der Waals surface area contributed by atoms with Crippen molar-refractivity contribution in [3.63, 3.8) is 0 Å². The second kappa shape index (κ2) is 5.56. The summed E-state index contributed by atoms with van der Waals surface area (Å²) >= 11 is 0. The van der Waals surface area contributed by atoms with E-state index in [1.54, 1.807) is 0 Å². The fourth-order valence-electron chi connectivity index (χ4n) is 2.47. The number of nitrogens with one attached hydrogen (secondary N) is 1. The highest BCUT2D eigenvalue weighted by molar-refractivity contribution is 5.93. The van der Waals surface area contributed by atoms with Gasteiger partial charge in [0.2, 0.25) is 0 Å². The predicted octanol–water partition coefficient (Wildman–Crippen LogP) is 4.33. The first-order valence-corrected chi connectivity index (χ1v) is 7.27. The number of para-hydroxylation sites is 1. The summed E-state index contributed by atoms with van der Waals surface area (Å²) in [5.41, 5.74) is 2.80. The Bertz CT molecular complexity index is 777. The van der Waals surface area contributed by atoms with Gasteiger partial charge in [-0.25, -0.2) is 9.97 Å². The number of aromatic nitrogens is 2. The van der Waals surface area contributed by atoms with E-state index in [1.165, 1.54) is 0 Å². The molecule has 0 amide bonds. The van der Waals surface area contributed by atoms with Crippen molar-refractivity contribution < 1.29 is 4.42 Å². The van der Waals surface area contributed by atoms with Gasteiger partial charge in [0.1, 0.15) is 17.2 Å². The lowest BCUT2D eigenvalue weighted by Gasteiger charge is -2.07. The molecule has 0 radical (unpaired) electrons. The summed E-state index contributed by atoms with van der Waals surface area (Å²) in [6, 6.07) is 9.97. The molecule has 2 aromatic heterocycles. The highest BCUT2D eigenvalue weighted by atomic mass is 16.3. The van der Waals surface area contributed by atoms with Crippen LogP contribution in [0.1, 0.15) is 24.8 Å². The van der Waals surface area contributed by atoms with Crippen LogP contribution in [0.5, 0.6) is 0 Å². The number of furan rings is 1. The fourth-order valence-corrected chi connectivity index (χ4v) is 2.47. The van der Waals surface area contributed by atoms with Gasteiger partial charge in [-0.2, -0.15) is 0 Å². The molecule has 1 aromatic carbocycles. The van der Waals surface area contributed by atoms with Gasteiger partial charge in [0.05, 0.1) is 5.56 Å². The van der Waals surface area contributed by atoms with Crippen molar-refractivity contribution in [2.75, 3.05) is 11.9 Å². The maximum Gasteiger partial charge on any atom is 0.165 e. The quantitative estimate of drug-likeness (QED) is 0.773. The first kappa shape index (κ1) is 13.6. The van der Waals surface area contributed by atoms with E-state index in [-0.39, 0.29) is 0 Å². The van der Waals surface area contributed by atoms with Crippen LogP contribution in [0.3, 0.4) is 0 Å². The number of benzene rings is 1. The van der Waals surface area contributed by atoms with E-state index in [2.05, 4.69) is 22.2 Å². The third-order valence-corrected chi connectivity index (χ3v) is 3.41. The molecule has 3 aromatic rings. The topological polar surface area (TPSA) is 51.0 Å². The molecule has 0 saturated carbocycles. The van der Waals surface area contributed by atoms with Crippen LogP contribution >= 0.6 is 0 Å². The molecule has 0 aliphatic heterocycles. The Kier molecular flexibility index (Phi) is 3.60. The van der Waals surface area contributed by atoms with Gasteiger partial charge in [0, 0.05) is 23.7 Å². The molecular weight excluding hydrogens is 262 g/mol. The van der Waals surface area contributed by atoms with Crippen molar-refractivity contribution in [2.45, 2.75) is 27.2 Å². The lowest BCUT2D eigenvalue weighted by molar-refractivity contribution is 0.579. The molecule has 0 spiro atoms. The Balaban J connectivity index is 2.14. The van der Waals surface area contributed by atoms with Crippen molar-refractivity contribution in [3.8, 4) is 11.4 Å². The van der Waals surface area contributed by atoms with Crippen LogP contribution in [0, 0.1) is 13.8 Å². The van der Waals surface area contributed by atoms with Crippen LogP contribution in [-0.2, 0) is 0 Å². The first-order valence-electron chi connectivity index (χ1n) is 7.27. The van der Waals surface area contributed by atoms with Crippen LogP contribution in [0.25, 0.3) is 22.4 Å². The number of anilines is 1. The third-order valence-electron chi connectivity index (χ3n) is 3.41. The molecule has 0 bridgehead atoms. The van der Waals surface area contributed by atoms with Crippen LogP contribution in [0.2, 0.25) is 0 Å². The summed E-state index contributed by atoms with van der Waals surface area (Å²) in [6.07, 6.45) is 1.06. The van der Waals surface area contributed by atoms with Gasteiger partial charge in [-0.05, 0) is 26.3 Å². The second-order valence-electron chi connectivity index (χ2n) is 5.17. The van der Waals surface area contributed by atoms with E-state index in [0.717, 1.165) is 52.6 Å². The summed E-state index contributed by atoms with van der Waals surface area (Å²) in [7, 11) is 0. The van der Waals surface area contributed by atoms with Crippen molar-refractivity contribution in [1.29, 1.82) is 0 Å². The van der Waals surface area contributed by atoms with E-state index < -0.39 is 0 Å². The molecule has 0 unspecified atom stereocenters. The van der Waals surface area contributed by atoms with Gasteiger partial charge in [-0.3, -0.25) is 0 Å². The summed E-state index contributed by atoms with van der Waals surface area (Å²) in [4.78, 5) is 9.23. The minimum absolute atomic E-state index is 0.719. The Hall–Kier alpha value is -2.36. The molecule has 0 fully saturated rings. The zero-order chi connectivity index (χ0) is 14.8. The average Bonchev–Trinajstić information content (AvgIpc) is 2.80. The summed E-state index contributed by atoms with van der Waals surface area (Å²) in [5, 5.41) is 4.38. The minimum atomic E-state index is 0.719. The molecule has 4 nitrogen and oxygen atoms in total. The predicted molar refractivity (Wildman–Crippen MR) is 85.5 cm³/mol. The van der Waals surface area contributed by atoms with Gasteiger partial charge in [0.25, 0.3) is 0 Å². The lowest BCUT2D eigenvalue weighted by Crippen LogP contribution is -2.04. The Morgan fingerprint density at radius 3 is 2.76 bits per heavy atom. The number of hydrogen-bond donors (Lipinski definition) is 1. The zero-order valence-electron chi connectivity index (χ0n) is 12.6.